The first-order valence-electron chi connectivity index (χ1n) is 5.78. The van der Waals surface area contributed by atoms with Gasteiger partial charge in [0.25, 0.3) is 0 Å². The molecular formula is C11H20N2O2. The Kier molecular flexibility index (Phi) is 5.32. The van der Waals surface area contributed by atoms with E-state index in [1.165, 1.54) is 6.42 Å². The van der Waals surface area contributed by atoms with Gasteiger partial charge in [-0.1, -0.05) is 6.42 Å². The van der Waals surface area contributed by atoms with E-state index in [0.29, 0.717) is 19.4 Å². The van der Waals surface area contributed by atoms with E-state index < -0.39 is 0 Å². The van der Waals surface area contributed by atoms with Crippen molar-refractivity contribution in [2.24, 2.45) is 0 Å². The van der Waals surface area contributed by atoms with Crippen LogP contribution in [0.3, 0.4) is 0 Å². The van der Waals surface area contributed by atoms with E-state index in [2.05, 4.69) is 5.01 Å². The van der Waals surface area contributed by atoms with Gasteiger partial charge in [0.15, 0.2) is 0 Å². The average Bonchev–Trinajstić information content (AvgIpc) is 2.29. The van der Waals surface area contributed by atoms with Gasteiger partial charge in [-0.2, -0.15) is 0 Å². The van der Waals surface area contributed by atoms with Crippen LogP contribution in [0.15, 0.2) is 0 Å². The molecule has 1 aliphatic rings. The molecule has 15 heavy (non-hydrogen) atoms. The molecule has 4 heteroatoms. The van der Waals surface area contributed by atoms with Crippen molar-refractivity contribution in [3.05, 3.63) is 0 Å². The third kappa shape index (κ3) is 3.63. The molecule has 0 aromatic carbocycles. The zero-order valence-corrected chi connectivity index (χ0v) is 9.45. The van der Waals surface area contributed by atoms with Crippen LogP contribution in [0.2, 0.25) is 0 Å². The van der Waals surface area contributed by atoms with Gasteiger partial charge in [0.2, 0.25) is 5.91 Å². The maximum Gasteiger partial charge on any atom is 0.237 e. The number of amides is 1. The molecule has 0 saturated carbocycles. The monoisotopic (exact) mass is 212 g/mol. The van der Waals surface area contributed by atoms with Gasteiger partial charge < -0.3 is 4.79 Å². The second-order valence-electron chi connectivity index (χ2n) is 3.83. The molecule has 0 radical (unpaired) electrons. The Balaban J connectivity index is 2.44. The van der Waals surface area contributed by atoms with Crippen molar-refractivity contribution in [1.29, 1.82) is 0 Å². The van der Waals surface area contributed by atoms with E-state index in [-0.39, 0.29) is 5.91 Å². The second kappa shape index (κ2) is 6.56. The molecule has 86 valence electrons. The number of carbonyl (C=O) groups excluding carboxylic acids is 2. The number of hydrogen-bond donors (Lipinski definition) is 0. The van der Waals surface area contributed by atoms with Crippen molar-refractivity contribution in [3.8, 4) is 0 Å². The van der Waals surface area contributed by atoms with Gasteiger partial charge in [-0.3, -0.25) is 9.80 Å². The number of carbonyl (C=O) groups is 2. The lowest BCUT2D eigenvalue weighted by Gasteiger charge is -2.36. The molecule has 1 amide bonds. The van der Waals surface area contributed by atoms with Crippen LogP contribution in [-0.4, -0.2) is 41.8 Å². The minimum absolute atomic E-state index is 0.0755. The molecule has 0 atom stereocenters. The van der Waals surface area contributed by atoms with E-state index in [1.807, 2.05) is 6.92 Å². The van der Waals surface area contributed by atoms with Crippen LogP contribution < -0.4 is 0 Å². The summed E-state index contributed by atoms with van der Waals surface area (Å²) < 4.78 is 0. The van der Waals surface area contributed by atoms with Gasteiger partial charge in [-0.15, -0.1) is 0 Å². The lowest BCUT2D eigenvalue weighted by molar-refractivity contribution is -0.150. The van der Waals surface area contributed by atoms with Crippen LogP contribution in [0.1, 0.15) is 39.0 Å². The zero-order chi connectivity index (χ0) is 11.1. The second-order valence-corrected chi connectivity index (χ2v) is 3.83. The molecule has 0 aliphatic carbocycles. The summed E-state index contributed by atoms with van der Waals surface area (Å²) in [5.74, 6) is 0.0755. The zero-order valence-electron chi connectivity index (χ0n) is 9.45. The highest BCUT2D eigenvalue weighted by Gasteiger charge is 2.20. The van der Waals surface area contributed by atoms with Gasteiger partial charge in [0.1, 0.15) is 6.29 Å². The van der Waals surface area contributed by atoms with Gasteiger partial charge >= 0.3 is 0 Å². The Hall–Kier alpha value is -0.900. The third-order valence-corrected chi connectivity index (χ3v) is 2.74. The summed E-state index contributed by atoms with van der Waals surface area (Å²) in [6.45, 7) is 4.63. The van der Waals surface area contributed by atoms with Crippen LogP contribution in [0.4, 0.5) is 0 Å². The van der Waals surface area contributed by atoms with Crippen molar-refractivity contribution in [2.45, 2.75) is 39.0 Å². The number of nitrogens with zero attached hydrogens (tertiary/aromatic N) is 2. The van der Waals surface area contributed by atoms with E-state index in [1.54, 1.807) is 5.01 Å². The van der Waals surface area contributed by atoms with E-state index in [0.717, 1.165) is 32.2 Å². The summed E-state index contributed by atoms with van der Waals surface area (Å²) in [5.41, 5.74) is 0. The third-order valence-electron chi connectivity index (χ3n) is 2.74. The van der Waals surface area contributed by atoms with Crippen LogP contribution in [-0.2, 0) is 9.59 Å². The van der Waals surface area contributed by atoms with Gasteiger partial charge in [0.05, 0.1) is 0 Å². The molecule has 0 unspecified atom stereocenters. The molecule has 1 fully saturated rings. The number of hydrogen-bond acceptors (Lipinski definition) is 3. The van der Waals surface area contributed by atoms with Crippen LogP contribution >= 0.6 is 0 Å². The summed E-state index contributed by atoms with van der Waals surface area (Å²) >= 11 is 0. The highest BCUT2D eigenvalue weighted by atomic mass is 16.2. The van der Waals surface area contributed by atoms with E-state index in [4.69, 9.17) is 0 Å². The molecule has 1 saturated heterocycles. The Morgan fingerprint density at radius 2 is 2.00 bits per heavy atom. The predicted molar refractivity (Wildman–Crippen MR) is 58.1 cm³/mol. The molecular weight excluding hydrogens is 192 g/mol. The smallest absolute Gasteiger partial charge is 0.237 e. The molecule has 4 nitrogen and oxygen atoms in total. The molecule has 1 rings (SSSR count). The van der Waals surface area contributed by atoms with Gasteiger partial charge in [0, 0.05) is 32.5 Å². The Labute approximate surface area is 91.2 Å². The predicted octanol–water partition coefficient (Wildman–Crippen LogP) is 1.21. The van der Waals surface area contributed by atoms with Crippen LogP contribution in [0, 0.1) is 0 Å². The molecule has 0 bridgehead atoms. The summed E-state index contributed by atoms with van der Waals surface area (Å²) in [6, 6.07) is 0. The maximum atomic E-state index is 11.8. The number of piperidine rings is 1. The summed E-state index contributed by atoms with van der Waals surface area (Å²) in [7, 11) is 0. The Bertz CT molecular complexity index is 213. The van der Waals surface area contributed by atoms with Crippen molar-refractivity contribution < 1.29 is 9.59 Å². The van der Waals surface area contributed by atoms with Crippen molar-refractivity contribution in [2.75, 3.05) is 19.6 Å². The fraction of sp³-hybridized carbons (Fsp3) is 0.818. The minimum Gasteiger partial charge on any atom is -0.303 e. The van der Waals surface area contributed by atoms with Crippen molar-refractivity contribution in [1.82, 2.24) is 10.0 Å². The molecule has 0 N–H and O–H groups in total. The minimum atomic E-state index is 0.0755. The quantitative estimate of drug-likeness (QED) is 0.643. The normalized spacial score (nSPS) is 17.4. The average molecular weight is 212 g/mol. The van der Waals surface area contributed by atoms with E-state index in [9.17, 15) is 9.59 Å². The first-order chi connectivity index (χ1) is 7.29. The molecule has 0 spiro atoms. The first-order valence-corrected chi connectivity index (χ1v) is 5.78. The fourth-order valence-corrected chi connectivity index (χ4v) is 1.96. The fourth-order valence-electron chi connectivity index (χ4n) is 1.96. The molecule has 1 aliphatic heterocycles. The maximum absolute atomic E-state index is 11.8. The molecule has 0 aromatic heterocycles. The largest absolute Gasteiger partial charge is 0.303 e. The number of hydrazine groups is 1. The SMILES string of the molecule is CCN(C(=O)CCC=O)N1CCCCC1. The van der Waals surface area contributed by atoms with Gasteiger partial charge in [-0.25, -0.2) is 5.01 Å². The Morgan fingerprint density at radius 1 is 1.33 bits per heavy atom. The lowest BCUT2D eigenvalue weighted by atomic mass is 10.1. The highest BCUT2D eigenvalue weighted by molar-refractivity contribution is 5.77. The van der Waals surface area contributed by atoms with Gasteiger partial charge in [-0.05, 0) is 19.8 Å². The lowest BCUT2D eigenvalue weighted by Crippen LogP contribution is -2.48. The Morgan fingerprint density at radius 3 is 2.53 bits per heavy atom. The summed E-state index contributed by atoms with van der Waals surface area (Å²) in [5, 5.41) is 3.92. The summed E-state index contributed by atoms with van der Waals surface area (Å²) in [6.07, 6.45) is 5.07. The first kappa shape index (κ1) is 12.2. The molecule has 1 heterocycles. The number of aldehydes is 1. The van der Waals surface area contributed by atoms with Crippen LogP contribution in [0.5, 0.6) is 0 Å². The number of rotatable bonds is 5. The molecule has 0 aromatic rings. The van der Waals surface area contributed by atoms with Crippen molar-refractivity contribution >= 4 is 12.2 Å². The van der Waals surface area contributed by atoms with Crippen LogP contribution in [0.25, 0.3) is 0 Å². The standard InChI is InChI=1S/C11H20N2O2/c1-2-13(11(15)7-6-10-14)12-8-4-3-5-9-12/h10H,2-9H2,1H3. The highest BCUT2D eigenvalue weighted by Crippen LogP contribution is 2.12. The topological polar surface area (TPSA) is 40.6 Å². The van der Waals surface area contributed by atoms with E-state index >= 15 is 0 Å². The van der Waals surface area contributed by atoms with Crippen molar-refractivity contribution in [3.63, 3.8) is 0 Å². The summed E-state index contributed by atoms with van der Waals surface area (Å²) in [4.78, 5) is 22.0.